The van der Waals surface area contributed by atoms with Gasteiger partial charge in [-0.1, -0.05) is 0 Å². The van der Waals surface area contributed by atoms with Crippen molar-refractivity contribution < 1.29 is 9.47 Å². The number of ether oxygens (including phenoxy) is 2. The highest BCUT2D eigenvalue weighted by molar-refractivity contribution is 4.94. The predicted octanol–water partition coefficient (Wildman–Crippen LogP) is 0.722. The van der Waals surface area contributed by atoms with Crippen LogP contribution in [0.25, 0.3) is 0 Å². The molecule has 1 saturated heterocycles. The molecule has 1 rings (SSSR count). The van der Waals surface area contributed by atoms with E-state index in [4.69, 9.17) is 9.47 Å². The van der Waals surface area contributed by atoms with E-state index >= 15 is 0 Å². The SMILES string of the molecule is COCCN(CCOC)C1CNC(C)(C)C1. The van der Waals surface area contributed by atoms with Gasteiger partial charge in [-0.05, 0) is 20.3 Å². The molecule has 0 spiro atoms. The van der Waals surface area contributed by atoms with Gasteiger partial charge in [-0.3, -0.25) is 4.90 Å². The Hall–Kier alpha value is -0.160. The first-order valence-corrected chi connectivity index (χ1v) is 6.06. The topological polar surface area (TPSA) is 33.7 Å². The molecule has 1 heterocycles. The van der Waals surface area contributed by atoms with E-state index in [-0.39, 0.29) is 5.54 Å². The molecule has 1 unspecified atom stereocenters. The second-order valence-electron chi connectivity index (χ2n) is 5.14. The van der Waals surface area contributed by atoms with E-state index in [0.29, 0.717) is 6.04 Å². The van der Waals surface area contributed by atoms with Crippen molar-refractivity contribution >= 4 is 0 Å². The van der Waals surface area contributed by atoms with Crippen molar-refractivity contribution in [2.24, 2.45) is 0 Å². The van der Waals surface area contributed by atoms with Gasteiger partial charge in [0.25, 0.3) is 0 Å². The highest BCUT2D eigenvalue weighted by Gasteiger charge is 2.33. The van der Waals surface area contributed by atoms with E-state index in [1.54, 1.807) is 14.2 Å². The van der Waals surface area contributed by atoms with Gasteiger partial charge in [-0.15, -0.1) is 0 Å². The summed E-state index contributed by atoms with van der Waals surface area (Å²) in [4.78, 5) is 2.47. The lowest BCUT2D eigenvalue weighted by atomic mass is 10.0. The molecule has 0 aromatic heterocycles. The second kappa shape index (κ2) is 6.55. The van der Waals surface area contributed by atoms with Crippen LogP contribution in [0.4, 0.5) is 0 Å². The van der Waals surface area contributed by atoms with Crippen LogP contribution in [0.2, 0.25) is 0 Å². The molecule has 0 aliphatic carbocycles. The number of methoxy groups -OCH3 is 2. The lowest BCUT2D eigenvalue weighted by Crippen LogP contribution is -2.41. The molecule has 1 aliphatic rings. The minimum absolute atomic E-state index is 0.267. The normalized spacial score (nSPS) is 24.2. The van der Waals surface area contributed by atoms with Gasteiger partial charge in [-0.25, -0.2) is 0 Å². The van der Waals surface area contributed by atoms with Crippen LogP contribution in [0.3, 0.4) is 0 Å². The third kappa shape index (κ3) is 4.37. The highest BCUT2D eigenvalue weighted by Crippen LogP contribution is 2.21. The van der Waals surface area contributed by atoms with Crippen molar-refractivity contribution in [1.29, 1.82) is 0 Å². The van der Waals surface area contributed by atoms with Crippen LogP contribution in [-0.4, -0.2) is 63.5 Å². The quantitative estimate of drug-likeness (QED) is 0.699. The van der Waals surface area contributed by atoms with Crippen molar-refractivity contribution in [3.8, 4) is 0 Å². The van der Waals surface area contributed by atoms with E-state index in [9.17, 15) is 0 Å². The molecule has 1 fully saturated rings. The van der Waals surface area contributed by atoms with Crippen LogP contribution >= 0.6 is 0 Å². The molecule has 0 amide bonds. The van der Waals surface area contributed by atoms with Crippen molar-refractivity contribution in [3.05, 3.63) is 0 Å². The first-order valence-electron chi connectivity index (χ1n) is 6.06. The predicted molar refractivity (Wildman–Crippen MR) is 65.8 cm³/mol. The van der Waals surface area contributed by atoms with E-state index in [1.807, 2.05) is 0 Å². The van der Waals surface area contributed by atoms with E-state index in [2.05, 4.69) is 24.1 Å². The van der Waals surface area contributed by atoms with Gasteiger partial charge < -0.3 is 14.8 Å². The summed E-state index contributed by atoms with van der Waals surface area (Å²) >= 11 is 0. The largest absolute Gasteiger partial charge is 0.383 e. The Morgan fingerprint density at radius 1 is 1.19 bits per heavy atom. The van der Waals surface area contributed by atoms with Crippen LogP contribution in [0, 0.1) is 0 Å². The molecule has 1 N–H and O–H groups in total. The fraction of sp³-hybridized carbons (Fsp3) is 1.00. The Balaban J connectivity index is 2.41. The summed E-state index contributed by atoms with van der Waals surface area (Å²) in [5, 5.41) is 3.56. The van der Waals surface area contributed by atoms with Gasteiger partial charge in [0.15, 0.2) is 0 Å². The minimum Gasteiger partial charge on any atom is -0.383 e. The molecule has 1 aliphatic heterocycles. The smallest absolute Gasteiger partial charge is 0.0589 e. The van der Waals surface area contributed by atoms with Crippen LogP contribution in [0.1, 0.15) is 20.3 Å². The molecule has 0 aromatic carbocycles. The molecule has 16 heavy (non-hydrogen) atoms. The minimum atomic E-state index is 0.267. The standard InChI is InChI=1S/C12H26N2O2/c1-12(2)9-11(10-13-12)14(5-7-15-3)6-8-16-4/h11,13H,5-10H2,1-4H3. The first-order chi connectivity index (χ1) is 7.59. The Labute approximate surface area is 99.3 Å². The van der Waals surface area contributed by atoms with Crippen LogP contribution in [-0.2, 0) is 9.47 Å². The lowest BCUT2D eigenvalue weighted by molar-refractivity contribution is 0.0905. The van der Waals surface area contributed by atoms with Crippen molar-refractivity contribution in [2.45, 2.75) is 31.8 Å². The average Bonchev–Trinajstić information content (AvgIpc) is 2.59. The molecule has 1 atom stereocenters. The third-order valence-corrected chi connectivity index (χ3v) is 3.24. The van der Waals surface area contributed by atoms with Crippen LogP contribution in [0.15, 0.2) is 0 Å². The summed E-state index contributed by atoms with van der Waals surface area (Å²) in [6, 6.07) is 0.611. The molecule has 4 nitrogen and oxygen atoms in total. The fourth-order valence-electron chi connectivity index (χ4n) is 2.28. The van der Waals surface area contributed by atoms with Crippen LogP contribution in [0.5, 0.6) is 0 Å². The summed E-state index contributed by atoms with van der Waals surface area (Å²) in [5.41, 5.74) is 0.267. The maximum absolute atomic E-state index is 5.16. The summed E-state index contributed by atoms with van der Waals surface area (Å²) in [5.74, 6) is 0. The maximum atomic E-state index is 5.16. The third-order valence-electron chi connectivity index (χ3n) is 3.24. The van der Waals surface area contributed by atoms with Crippen molar-refractivity contribution in [2.75, 3.05) is 47.1 Å². The fourth-order valence-corrected chi connectivity index (χ4v) is 2.28. The Morgan fingerprint density at radius 3 is 2.12 bits per heavy atom. The maximum Gasteiger partial charge on any atom is 0.0589 e. The molecule has 0 aromatic rings. The molecular weight excluding hydrogens is 204 g/mol. The zero-order valence-corrected chi connectivity index (χ0v) is 11.1. The zero-order valence-electron chi connectivity index (χ0n) is 11.1. The highest BCUT2D eigenvalue weighted by atomic mass is 16.5. The summed E-state index contributed by atoms with van der Waals surface area (Å²) in [6.07, 6.45) is 1.19. The zero-order chi connectivity index (χ0) is 12.0. The molecular formula is C12H26N2O2. The molecule has 0 bridgehead atoms. The van der Waals surface area contributed by atoms with E-state index in [0.717, 1.165) is 32.8 Å². The second-order valence-corrected chi connectivity index (χ2v) is 5.14. The van der Waals surface area contributed by atoms with Gasteiger partial charge in [0.1, 0.15) is 0 Å². The molecule has 4 heteroatoms. The van der Waals surface area contributed by atoms with Crippen LogP contribution < -0.4 is 5.32 Å². The van der Waals surface area contributed by atoms with E-state index < -0.39 is 0 Å². The Morgan fingerprint density at radius 2 is 1.75 bits per heavy atom. The first kappa shape index (κ1) is 13.9. The Bertz CT molecular complexity index is 189. The molecule has 0 saturated carbocycles. The Kier molecular flexibility index (Phi) is 5.69. The van der Waals surface area contributed by atoms with Gasteiger partial charge in [-0.2, -0.15) is 0 Å². The lowest BCUT2D eigenvalue weighted by Gasteiger charge is -2.28. The number of hydrogen-bond donors (Lipinski definition) is 1. The monoisotopic (exact) mass is 230 g/mol. The van der Waals surface area contributed by atoms with Gasteiger partial charge in [0.2, 0.25) is 0 Å². The number of nitrogens with one attached hydrogen (secondary N) is 1. The number of hydrogen-bond acceptors (Lipinski definition) is 4. The van der Waals surface area contributed by atoms with Gasteiger partial charge in [0.05, 0.1) is 13.2 Å². The summed E-state index contributed by atoms with van der Waals surface area (Å²) in [7, 11) is 3.51. The average molecular weight is 230 g/mol. The van der Waals surface area contributed by atoms with E-state index in [1.165, 1.54) is 6.42 Å². The summed E-state index contributed by atoms with van der Waals surface area (Å²) in [6.45, 7) is 9.15. The number of rotatable bonds is 7. The molecule has 96 valence electrons. The molecule has 0 radical (unpaired) electrons. The van der Waals surface area contributed by atoms with Crippen molar-refractivity contribution in [1.82, 2.24) is 10.2 Å². The van der Waals surface area contributed by atoms with Crippen molar-refractivity contribution in [3.63, 3.8) is 0 Å². The van der Waals surface area contributed by atoms with Gasteiger partial charge in [0, 0.05) is 45.4 Å². The number of nitrogens with zero attached hydrogens (tertiary/aromatic N) is 1. The summed E-state index contributed by atoms with van der Waals surface area (Å²) < 4.78 is 10.3. The van der Waals surface area contributed by atoms with Gasteiger partial charge >= 0.3 is 0 Å².